The fourth-order valence-corrected chi connectivity index (χ4v) is 5.67. The summed E-state index contributed by atoms with van der Waals surface area (Å²) >= 11 is 20.3. The summed E-state index contributed by atoms with van der Waals surface area (Å²) in [6, 6.07) is 9.04. The molecular formula is C23H21Cl3N4O2S. The SMILES string of the molecule is O=C(NN1CCCCC1)c1nn(-c2ccc(Cl)cc2Cl)c2c1COC/C2=C\c1ccc(Cl)s1. The minimum absolute atomic E-state index is 0.249. The van der Waals surface area contributed by atoms with Crippen LogP contribution in [0.3, 0.4) is 0 Å². The lowest BCUT2D eigenvalue weighted by molar-refractivity contribution is 0.0738. The second kappa shape index (κ2) is 9.78. The maximum absolute atomic E-state index is 13.3. The van der Waals surface area contributed by atoms with Crippen LogP contribution in [0.5, 0.6) is 0 Å². The second-order valence-electron chi connectivity index (χ2n) is 7.98. The van der Waals surface area contributed by atoms with Gasteiger partial charge in [-0.15, -0.1) is 11.3 Å². The molecule has 3 aromatic rings. The maximum Gasteiger partial charge on any atom is 0.286 e. The average Bonchev–Trinajstić information content (AvgIpc) is 3.38. The van der Waals surface area contributed by atoms with Gasteiger partial charge in [0.15, 0.2) is 5.69 Å². The lowest BCUT2D eigenvalue weighted by Crippen LogP contribution is -2.45. The first-order valence-electron chi connectivity index (χ1n) is 10.7. The number of nitrogens with zero attached hydrogens (tertiary/aromatic N) is 3. The number of hydrogen-bond acceptors (Lipinski definition) is 5. The monoisotopic (exact) mass is 522 g/mol. The van der Waals surface area contributed by atoms with Crippen LogP contribution in [0.1, 0.15) is 45.9 Å². The number of fused-ring (bicyclic) bond motifs is 1. The summed E-state index contributed by atoms with van der Waals surface area (Å²) in [5.74, 6) is -0.249. The minimum Gasteiger partial charge on any atom is -0.372 e. The van der Waals surface area contributed by atoms with Gasteiger partial charge in [-0.2, -0.15) is 5.10 Å². The van der Waals surface area contributed by atoms with Crippen molar-refractivity contribution in [2.45, 2.75) is 25.9 Å². The van der Waals surface area contributed by atoms with Crippen LogP contribution >= 0.6 is 46.1 Å². The number of hydrogen-bond donors (Lipinski definition) is 1. The molecule has 0 spiro atoms. The van der Waals surface area contributed by atoms with Crippen LogP contribution in [0.15, 0.2) is 30.3 Å². The molecule has 1 N–H and O–H groups in total. The highest BCUT2D eigenvalue weighted by atomic mass is 35.5. The molecule has 0 atom stereocenters. The van der Waals surface area contributed by atoms with Crippen molar-refractivity contribution < 1.29 is 9.53 Å². The van der Waals surface area contributed by atoms with Crippen LogP contribution < -0.4 is 5.43 Å². The van der Waals surface area contributed by atoms with Gasteiger partial charge in [-0.05, 0) is 49.2 Å². The molecule has 1 aromatic carbocycles. The third-order valence-corrected chi connectivity index (χ3v) is 7.39. The van der Waals surface area contributed by atoms with Gasteiger partial charge >= 0.3 is 0 Å². The number of nitrogens with one attached hydrogen (secondary N) is 1. The Kier molecular flexibility index (Phi) is 6.79. The summed E-state index contributed by atoms with van der Waals surface area (Å²) in [5, 5.41) is 7.65. The van der Waals surface area contributed by atoms with Crippen LogP contribution in [0.4, 0.5) is 0 Å². The van der Waals surface area contributed by atoms with Gasteiger partial charge in [0.05, 0.1) is 34.0 Å². The van der Waals surface area contributed by atoms with E-state index >= 15 is 0 Å². The van der Waals surface area contributed by atoms with E-state index in [4.69, 9.17) is 44.6 Å². The number of amides is 1. The summed E-state index contributed by atoms with van der Waals surface area (Å²) in [7, 11) is 0. The predicted octanol–water partition coefficient (Wildman–Crippen LogP) is 6.10. The summed E-state index contributed by atoms with van der Waals surface area (Å²) in [5.41, 5.74) is 6.42. The predicted molar refractivity (Wildman–Crippen MR) is 133 cm³/mol. The quantitative estimate of drug-likeness (QED) is 0.449. The zero-order valence-electron chi connectivity index (χ0n) is 17.6. The van der Waals surface area contributed by atoms with E-state index in [1.165, 1.54) is 17.8 Å². The Morgan fingerprint density at radius 1 is 1.09 bits per heavy atom. The van der Waals surface area contributed by atoms with E-state index in [2.05, 4.69) is 5.43 Å². The molecule has 5 rings (SSSR count). The Morgan fingerprint density at radius 3 is 2.64 bits per heavy atom. The standard InChI is InChI=1S/C23H21Cl3N4O2S/c24-15-4-6-19(18(25)11-15)30-22-14(10-16-5-7-20(26)33-16)12-32-13-17(22)21(27-30)23(31)28-29-8-2-1-3-9-29/h4-7,10-11H,1-3,8-9,12-13H2,(H,28,31)/b14-10+. The van der Waals surface area contributed by atoms with Crippen molar-refractivity contribution in [1.29, 1.82) is 0 Å². The zero-order valence-corrected chi connectivity index (χ0v) is 20.7. The molecule has 6 nitrogen and oxygen atoms in total. The Bertz CT molecular complexity index is 1230. The molecule has 0 bridgehead atoms. The van der Waals surface area contributed by atoms with Gasteiger partial charge < -0.3 is 4.74 Å². The molecule has 1 amide bonds. The van der Waals surface area contributed by atoms with E-state index in [-0.39, 0.29) is 12.5 Å². The van der Waals surface area contributed by atoms with E-state index in [9.17, 15) is 4.79 Å². The highest BCUT2D eigenvalue weighted by Crippen LogP contribution is 2.36. The van der Waals surface area contributed by atoms with Crippen molar-refractivity contribution in [2.75, 3.05) is 19.7 Å². The Balaban J connectivity index is 1.61. The number of ether oxygens (including phenoxy) is 1. The smallest absolute Gasteiger partial charge is 0.286 e. The number of hydrazine groups is 1. The molecule has 1 fully saturated rings. The zero-order chi connectivity index (χ0) is 22.9. The van der Waals surface area contributed by atoms with E-state index in [1.807, 2.05) is 23.2 Å². The number of benzene rings is 1. The lowest BCUT2D eigenvalue weighted by Gasteiger charge is -2.26. The molecular weight excluding hydrogens is 503 g/mol. The molecule has 0 aliphatic carbocycles. The van der Waals surface area contributed by atoms with Gasteiger partial charge in [0, 0.05) is 34.1 Å². The van der Waals surface area contributed by atoms with Gasteiger partial charge in [-0.1, -0.05) is 41.2 Å². The summed E-state index contributed by atoms with van der Waals surface area (Å²) in [6.07, 6.45) is 5.32. The number of aromatic nitrogens is 2. The van der Waals surface area contributed by atoms with Crippen molar-refractivity contribution in [1.82, 2.24) is 20.2 Å². The Hall–Kier alpha value is -1.87. The fourth-order valence-electron chi connectivity index (χ4n) is 4.15. The van der Waals surface area contributed by atoms with E-state index in [1.54, 1.807) is 22.9 Å². The molecule has 0 unspecified atom stereocenters. The number of thiophene rings is 1. The van der Waals surface area contributed by atoms with Crippen molar-refractivity contribution >= 4 is 63.7 Å². The topological polar surface area (TPSA) is 59.4 Å². The summed E-state index contributed by atoms with van der Waals surface area (Å²) in [6.45, 7) is 2.33. The number of piperidine rings is 1. The average molecular weight is 524 g/mol. The number of carbonyl (C=O) groups is 1. The second-order valence-corrected chi connectivity index (χ2v) is 10.6. The van der Waals surface area contributed by atoms with Crippen LogP contribution in [0.25, 0.3) is 17.3 Å². The molecule has 0 radical (unpaired) electrons. The molecule has 1 saturated heterocycles. The van der Waals surface area contributed by atoms with Crippen molar-refractivity contribution in [3.8, 4) is 5.69 Å². The highest BCUT2D eigenvalue weighted by molar-refractivity contribution is 7.17. The van der Waals surface area contributed by atoms with E-state index in [0.29, 0.717) is 32.4 Å². The first kappa shape index (κ1) is 22.9. The van der Waals surface area contributed by atoms with E-state index in [0.717, 1.165) is 47.6 Å². The van der Waals surface area contributed by atoms with Gasteiger partial charge in [0.2, 0.25) is 0 Å². The largest absolute Gasteiger partial charge is 0.372 e. The number of halogens is 3. The lowest BCUT2D eigenvalue weighted by atomic mass is 10.0. The molecule has 0 saturated carbocycles. The molecule has 10 heteroatoms. The molecule has 2 aliphatic rings. The van der Waals surface area contributed by atoms with Crippen molar-refractivity contribution in [2.24, 2.45) is 0 Å². The van der Waals surface area contributed by atoms with Gasteiger partial charge in [-0.3, -0.25) is 10.2 Å². The molecule has 33 heavy (non-hydrogen) atoms. The van der Waals surface area contributed by atoms with E-state index < -0.39 is 0 Å². The third kappa shape index (κ3) is 4.85. The van der Waals surface area contributed by atoms with Gasteiger partial charge in [-0.25, -0.2) is 9.69 Å². The number of carbonyl (C=O) groups excluding carboxylic acids is 1. The normalized spacial score (nSPS) is 17.8. The minimum atomic E-state index is -0.249. The molecule has 4 heterocycles. The first-order chi connectivity index (χ1) is 16.0. The molecule has 172 valence electrons. The van der Waals surface area contributed by atoms with Crippen LogP contribution in [0, 0.1) is 0 Å². The highest BCUT2D eigenvalue weighted by Gasteiger charge is 2.30. The Morgan fingerprint density at radius 2 is 1.91 bits per heavy atom. The Labute approximate surface area is 210 Å². The van der Waals surface area contributed by atoms with Crippen molar-refractivity contribution in [3.63, 3.8) is 0 Å². The van der Waals surface area contributed by atoms with Crippen LogP contribution in [-0.4, -0.2) is 40.4 Å². The first-order valence-corrected chi connectivity index (χ1v) is 12.6. The number of rotatable bonds is 4. The third-order valence-electron chi connectivity index (χ3n) is 5.67. The summed E-state index contributed by atoms with van der Waals surface area (Å²) in [4.78, 5) is 14.3. The molecule has 2 aromatic heterocycles. The fraction of sp³-hybridized carbons (Fsp3) is 0.304. The van der Waals surface area contributed by atoms with Gasteiger partial charge in [0.1, 0.15) is 0 Å². The van der Waals surface area contributed by atoms with Crippen molar-refractivity contribution in [3.05, 3.63) is 66.5 Å². The maximum atomic E-state index is 13.3. The van der Waals surface area contributed by atoms with Crippen LogP contribution in [-0.2, 0) is 11.3 Å². The van der Waals surface area contributed by atoms with Crippen LogP contribution in [0.2, 0.25) is 14.4 Å². The van der Waals surface area contributed by atoms with Gasteiger partial charge in [0.25, 0.3) is 5.91 Å². The molecule has 2 aliphatic heterocycles. The summed E-state index contributed by atoms with van der Waals surface area (Å²) < 4.78 is 8.30.